The molecule has 0 amide bonds. The van der Waals surface area contributed by atoms with Gasteiger partial charge in [-0.05, 0) is 130 Å². The summed E-state index contributed by atoms with van der Waals surface area (Å²) in [4.78, 5) is 28.1. The molecule has 24 bridgehead atoms. The fourth-order valence-corrected chi connectivity index (χ4v) is 23.0. The van der Waals surface area contributed by atoms with Crippen molar-refractivity contribution < 1.29 is 159 Å². The van der Waals surface area contributed by atoms with Crippen LogP contribution >= 0.6 is 22.6 Å². The van der Waals surface area contributed by atoms with Gasteiger partial charge in [-0.2, -0.15) is 0 Å². The Hall–Kier alpha value is -0.0400. The molecule has 0 aromatic heterocycles. The number of aliphatic hydroxyl groups is 2. The normalized spacial score (nSPS) is 51.4. The van der Waals surface area contributed by atoms with Gasteiger partial charge >= 0.3 is 29.6 Å². The first-order chi connectivity index (χ1) is 50.2. The summed E-state index contributed by atoms with van der Waals surface area (Å²) < 4.78 is 121. The monoisotopic (exact) mass is 1720 g/mol. The van der Waals surface area contributed by atoms with Crippen LogP contribution in [0, 0.1) is 23.7 Å². The molecule has 2 spiro atoms. The fourth-order valence-electron chi connectivity index (χ4n) is 22.6. The third-order valence-electron chi connectivity index (χ3n) is 28.1. The Morgan fingerprint density at radius 2 is 0.821 bits per heavy atom. The predicted molar refractivity (Wildman–Crippen MR) is 384 cm³/mol. The summed E-state index contributed by atoms with van der Waals surface area (Å²) in [6.07, 6.45) is 12.0. The van der Waals surface area contributed by atoms with Crippen molar-refractivity contribution in [1.82, 2.24) is 0 Å². The number of ketones is 2. The van der Waals surface area contributed by atoms with Crippen LogP contribution in [0.4, 0.5) is 0 Å². The molecular weight excluding hydrogens is 1600 g/mol. The summed E-state index contributed by atoms with van der Waals surface area (Å²) in [5, 5.41) is 21.3. The molecule has 20 heterocycles. The van der Waals surface area contributed by atoms with E-state index in [2.05, 4.69) is 62.8 Å². The Kier molecular flexibility index (Phi) is 25.7. The number of hydrogen-bond donors (Lipinski definition) is 2. The van der Waals surface area contributed by atoms with Crippen LogP contribution in [0.1, 0.15) is 194 Å². The number of halogens is 2. The SMILES string of the molecule is C=C1CC2CCC34CC5OC6C(OC7CCC(CC(=O)CC8C(CC9OC(CCC1O2)CC(C)C9=C)OC(CC(O)CC)C8OC)OC7C6O3)C5O4.C=C1CC2CCC34CC5OC6C(OC7CCC(CC(=O)CC8C(CC9OC(CCC1O2)CC(C)C9=C)OC(CC(O)CI)C8OC)OC7C6O3)C5O4.[I-].[Na+]. The van der Waals surface area contributed by atoms with Gasteiger partial charge in [0.05, 0.1) is 134 Å². The van der Waals surface area contributed by atoms with Crippen molar-refractivity contribution in [3.8, 4) is 0 Å². The Labute approximate surface area is 679 Å². The third-order valence-corrected chi connectivity index (χ3v) is 29.1. The van der Waals surface area contributed by atoms with E-state index in [0.29, 0.717) is 99.7 Å². The second-order valence-electron chi connectivity index (χ2n) is 34.9. The Balaban J connectivity index is 0.000000167. The first kappa shape index (κ1) is 81.1. The van der Waals surface area contributed by atoms with Gasteiger partial charge in [0.1, 0.15) is 72.6 Å². The zero-order valence-electron chi connectivity index (χ0n) is 63.2. The maximum atomic E-state index is 14.1. The topological polar surface area (TPSA) is 241 Å². The van der Waals surface area contributed by atoms with Gasteiger partial charge in [0.25, 0.3) is 0 Å². The maximum absolute atomic E-state index is 14.1. The molecule has 0 radical (unpaired) electrons. The standard InChI is InChI=1S/C41H60O11.C40H57IO11.HI.Na/c1-6-23(42)17-33-35(44-5)28-16-24(43)15-26-8-10-30-36(47-26)40-39-38(49-30)37-34(50-39)19-41(51-37,52-40)12-11-27-14-21(3)29(45-27)9-7-25-13-20(2)22(4)31(46-25)18-32(28)48-33;1-19-11-24-5-7-28-20(2)12-26(45-28)9-10-40-17-33-36(51-40)37-38(50-33)39(52-40)35-29(49-37)8-6-25(47-35)13-22(42)14-27-31(16-30(46-24)21(19)3)48-32(34(27)44-4)15-23(43)18-41;;/h20,23,25-40,42H,3-4,6-19H2,1-2,5H3;19,23-39,43H,2-3,5-18H2,1,4H3;1H;/q;;;+1/p-1. The summed E-state index contributed by atoms with van der Waals surface area (Å²) in [7, 11) is 3.38. The first-order valence-corrected chi connectivity index (χ1v) is 42.0. The van der Waals surface area contributed by atoms with Crippen molar-refractivity contribution in [2.24, 2.45) is 23.7 Å². The third kappa shape index (κ3) is 16.1. The minimum atomic E-state index is -0.773. The van der Waals surface area contributed by atoms with E-state index in [4.69, 9.17) is 85.3 Å². The quantitative estimate of drug-likeness (QED) is 0.152. The first-order valence-electron chi connectivity index (χ1n) is 40.5. The molecule has 0 aliphatic carbocycles. The number of alkyl halides is 1. The number of aliphatic hydroxyl groups excluding tert-OH is 2. The molecule has 106 heavy (non-hydrogen) atoms. The van der Waals surface area contributed by atoms with Crippen LogP contribution in [0.2, 0.25) is 0 Å². The van der Waals surface area contributed by atoms with Crippen molar-refractivity contribution in [1.29, 1.82) is 0 Å². The Bertz CT molecular complexity index is 2970. The summed E-state index contributed by atoms with van der Waals surface area (Å²) in [6.45, 7) is 24.3. The van der Waals surface area contributed by atoms with E-state index in [9.17, 15) is 19.8 Å². The average Bonchev–Trinajstić information content (AvgIpc) is 1.44. The molecule has 38 atom stereocenters. The summed E-state index contributed by atoms with van der Waals surface area (Å²) in [6, 6.07) is 0. The molecule has 2 N–H and O–H groups in total. The number of rotatable bonds is 8. The van der Waals surface area contributed by atoms with Crippen molar-refractivity contribution in [2.75, 3.05) is 18.6 Å². The molecule has 20 fully saturated rings. The van der Waals surface area contributed by atoms with Crippen molar-refractivity contribution in [2.45, 2.75) is 401 Å². The molecule has 25 heteroatoms. The predicted octanol–water partition coefficient (Wildman–Crippen LogP) is 3.81. The number of Topliss-reactive ketones (excluding diaryl/α,β-unsaturated/α-hetero) is 2. The molecule has 588 valence electrons. The largest absolute Gasteiger partial charge is 1.00 e. The van der Waals surface area contributed by atoms with Gasteiger partial charge in [0.15, 0.2) is 11.6 Å². The molecule has 20 aliphatic heterocycles. The van der Waals surface area contributed by atoms with E-state index in [-0.39, 0.29) is 260 Å². The van der Waals surface area contributed by atoms with Gasteiger partial charge in [-0.15, -0.1) is 0 Å². The van der Waals surface area contributed by atoms with Crippen LogP contribution in [-0.4, -0.2) is 247 Å². The van der Waals surface area contributed by atoms with Gasteiger partial charge in [-0.25, -0.2) is 0 Å². The molecule has 20 aliphatic rings. The van der Waals surface area contributed by atoms with Gasteiger partial charge in [-0.1, -0.05) is 69.7 Å². The smallest absolute Gasteiger partial charge is 1.00 e. The number of fused-ring (bicyclic) bond motifs is 12. The van der Waals surface area contributed by atoms with Crippen LogP contribution in [0.3, 0.4) is 0 Å². The molecule has 22 nitrogen and oxygen atoms in total. The van der Waals surface area contributed by atoms with Crippen LogP contribution in [0.15, 0.2) is 48.6 Å². The Morgan fingerprint density at radius 3 is 1.25 bits per heavy atom. The zero-order valence-corrected chi connectivity index (χ0v) is 69.5. The summed E-state index contributed by atoms with van der Waals surface area (Å²) >= 11 is 2.20. The fraction of sp³-hybridized carbons (Fsp3) is 0.877. The van der Waals surface area contributed by atoms with Gasteiger partial charge < -0.3 is 119 Å². The van der Waals surface area contributed by atoms with Crippen LogP contribution in [0.5, 0.6) is 0 Å². The molecule has 38 unspecified atom stereocenters. The number of carbonyl (C=O) groups excluding carboxylic acids is 2. The molecule has 20 saturated heterocycles. The van der Waals surface area contributed by atoms with Gasteiger partial charge in [0.2, 0.25) is 0 Å². The summed E-state index contributed by atoms with van der Waals surface area (Å²) in [5.41, 5.74) is 4.45. The van der Waals surface area contributed by atoms with Crippen LogP contribution in [-0.2, 0) is 94.9 Å². The van der Waals surface area contributed by atoms with E-state index < -0.39 is 23.8 Å². The van der Waals surface area contributed by atoms with Crippen molar-refractivity contribution in [3.05, 3.63) is 48.6 Å². The van der Waals surface area contributed by atoms with E-state index in [0.717, 1.165) is 112 Å². The van der Waals surface area contributed by atoms with Gasteiger partial charge in [0, 0.05) is 108 Å². The molecule has 0 aromatic rings. The number of methoxy groups -OCH3 is 2. The second kappa shape index (κ2) is 33.5. The number of carbonyl (C=O) groups is 2. The van der Waals surface area contributed by atoms with Gasteiger partial charge in [-0.3, -0.25) is 9.59 Å². The van der Waals surface area contributed by atoms with Crippen molar-refractivity contribution in [3.63, 3.8) is 0 Å². The number of hydrogen-bond acceptors (Lipinski definition) is 22. The maximum Gasteiger partial charge on any atom is 1.00 e. The van der Waals surface area contributed by atoms with Crippen LogP contribution < -0.4 is 53.5 Å². The number of ether oxygens (including phenoxy) is 18. The zero-order chi connectivity index (χ0) is 71.8. The minimum absolute atomic E-state index is 0. The average molecular weight is 1720 g/mol. The second-order valence-corrected chi connectivity index (χ2v) is 35.8. The van der Waals surface area contributed by atoms with E-state index in [1.54, 1.807) is 14.2 Å². The molecular formula is C81H117I2NaO22. The van der Waals surface area contributed by atoms with Crippen LogP contribution in [0.25, 0.3) is 0 Å². The van der Waals surface area contributed by atoms with E-state index in [1.165, 1.54) is 0 Å². The molecule has 0 saturated carbocycles. The summed E-state index contributed by atoms with van der Waals surface area (Å²) in [5.74, 6) is -1.06. The molecule has 0 aromatic carbocycles. The molecule has 20 rings (SSSR count). The van der Waals surface area contributed by atoms with Crippen molar-refractivity contribution >= 4 is 34.2 Å². The Morgan fingerprint density at radius 1 is 0.434 bits per heavy atom. The van der Waals surface area contributed by atoms with E-state index >= 15 is 0 Å². The minimum Gasteiger partial charge on any atom is -1.00 e. The van der Waals surface area contributed by atoms with E-state index in [1.807, 2.05) is 6.92 Å².